The van der Waals surface area contributed by atoms with Crippen LogP contribution in [0.4, 0.5) is 13.2 Å². The van der Waals surface area contributed by atoms with Crippen LogP contribution in [0.15, 0.2) is 24.4 Å². The SMILES string of the molecule is FC(F)(F)c1cc(-c2cc(I)ccn2)n[nH]1. The largest absolute Gasteiger partial charge is 0.432 e. The highest BCUT2D eigenvalue weighted by atomic mass is 127. The second-order valence-electron chi connectivity index (χ2n) is 3.02. The van der Waals surface area contributed by atoms with Gasteiger partial charge in [0.25, 0.3) is 0 Å². The van der Waals surface area contributed by atoms with Gasteiger partial charge in [-0.25, -0.2) is 0 Å². The second kappa shape index (κ2) is 4.04. The van der Waals surface area contributed by atoms with Gasteiger partial charge in [0.15, 0.2) is 0 Å². The van der Waals surface area contributed by atoms with Gasteiger partial charge in [-0.3, -0.25) is 10.1 Å². The summed E-state index contributed by atoms with van der Waals surface area (Å²) in [5, 5.41) is 5.53. The fourth-order valence-electron chi connectivity index (χ4n) is 1.14. The molecule has 0 fully saturated rings. The third-order valence-corrected chi connectivity index (χ3v) is 2.54. The first kappa shape index (κ1) is 11.4. The molecular formula is C9H5F3IN3. The van der Waals surface area contributed by atoms with E-state index in [-0.39, 0.29) is 5.69 Å². The fraction of sp³-hybridized carbons (Fsp3) is 0.111. The Morgan fingerprint density at radius 2 is 1.94 bits per heavy atom. The highest BCUT2D eigenvalue weighted by Crippen LogP contribution is 2.29. The van der Waals surface area contributed by atoms with Crippen LogP contribution in [-0.2, 0) is 6.18 Å². The number of aromatic nitrogens is 3. The van der Waals surface area contributed by atoms with Crippen molar-refractivity contribution in [2.24, 2.45) is 0 Å². The summed E-state index contributed by atoms with van der Waals surface area (Å²) in [6.07, 6.45) is -2.88. The summed E-state index contributed by atoms with van der Waals surface area (Å²) in [4.78, 5) is 3.95. The van der Waals surface area contributed by atoms with Crippen molar-refractivity contribution in [2.45, 2.75) is 6.18 Å². The smallest absolute Gasteiger partial charge is 0.273 e. The minimum Gasteiger partial charge on any atom is -0.273 e. The summed E-state index contributed by atoms with van der Waals surface area (Å²) < 4.78 is 37.8. The normalized spacial score (nSPS) is 11.8. The number of rotatable bonds is 1. The lowest BCUT2D eigenvalue weighted by Gasteiger charge is -1.99. The lowest BCUT2D eigenvalue weighted by Crippen LogP contribution is -2.04. The Kier molecular flexibility index (Phi) is 2.87. The minimum atomic E-state index is -4.41. The van der Waals surface area contributed by atoms with Gasteiger partial charge in [0.2, 0.25) is 0 Å². The predicted molar refractivity (Wildman–Crippen MR) is 59.5 cm³/mol. The van der Waals surface area contributed by atoms with Crippen molar-refractivity contribution in [3.8, 4) is 11.4 Å². The van der Waals surface area contributed by atoms with E-state index in [0.717, 1.165) is 9.64 Å². The molecule has 0 radical (unpaired) electrons. The lowest BCUT2D eigenvalue weighted by molar-refractivity contribution is -0.141. The van der Waals surface area contributed by atoms with Crippen LogP contribution in [0.3, 0.4) is 0 Å². The van der Waals surface area contributed by atoms with E-state index < -0.39 is 11.9 Å². The monoisotopic (exact) mass is 339 g/mol. The van der Waals surface area contributed by atoms with E-state index in [1.54, 1.807) is 12.1 Å². The van der Waals surface area contributed by atoms with Gasteiger partial charge in [-0.15, -0.1) is 0 Å². The molecule has 3 nitrogen and oxygen atoms in total. The van der Waals surface area contributed by atoms with Crippen molar-refractivity contribution in [1.82, 2.24) is 15.2 Å². The van der Waals surface area contributed by atoms with E-state index >= 15 is 0 Å². The van der Waals surface area contributed by atoms with Gasteiger partial charge in [-0.2, -0.15) is 18.3 Å². The molecule has 2 rings (SSSR count). The van der Waals surface area contributed by atoms with Crippen LogP contribution in [0.25, 0.3) is 11.4 Å². The Labute approximate surface area is 102 Å². The van der Waals surface area contributed by atoms with Gasteiger partial charge < -0.3 is 0 Å². The van der Waals surface area contributed by atoms with Crippen molar-refractivity contribution in [2.75, 3.05) is 0 Å². The van der Waals surface area contributed by atoms with Gasteiger partial charge in [-0.1, -0.05) is 0 Å². The van der Waals surface area contributed by atoms with Crippen molar-refractivity contribution in [1.29, 1.82) is 0 Å². The Morgan fingerprint density at radius 3 is 2.50 bits per heavy atom. The first-order chi connectivity index (χ1) is 7.47. The molecular weight excluding hydrogens is 334 g/mol. The molecule has 0 spiro atoms. The third kappa shape index (κ3) is 2.34. The van der Waals surface area contributed by atoms with E-state index in [2.05, 4.69) is 32.7 Å². The quantitative estimate of drug-likeness (QED) is 0.812. The number of nitrogens with zero attached hydrogens (tertiary/aromatic N) is 2. The molecule has 0 saturated carbocycles. The van der Waals surface area contributed by atoms with Crippen LogP contribution >= 0.6 is 22.6 Å². The summed E-state index contributed by atoms with van der Waals surface area (Å²) >= 11 is 2.05. The molecule has 7 heteroatoms. The molecule has 0 bridgehead atoms. The maximum atomic E-state index is 12.3. The van der Waals surface area contributed by atoms with Gasteiger partial charge in [-0.05, 0) is 40.8 Å². The Bertz CT molecular complexity index is 507. The maximum Gasteiger partial charge on any atom is 0.432 e. The second-order valence-corrected chi connectivity index (χ2v) is 4.27. The average Bonchev–Trinajstić information content (AvgIpc) is 2.65. The molecule has 0 aliphatic carbocycles. The summed E-state index contributed by atoms with van der Waals surface area (Å²) in [6, 6.07) is 4.36. The van der Waals surface area contributed by atoms with Crippen molar-refractivity contribution in [3.05, 3.63) is 33.7 Å². The Balaban J connectivity index is 2.39. The summed E-state index contributed by atoms with van der Waals surface area (Å²) in [7, 11) is 0. The first-order valence-electron chi connectivity index (χ1n) is 4.21. The number of H-pyrrole nitrogens is 1. The van der Waals surface area contributed by atoms with Crippen LogP contribution in [0.1, 0.15) is 5.69 Å². The zero-order chi connectivity index (χ0) is 11.8. The third-order valence-electron chi connectivity index (χ3n) is 1.87. The molecule has 2 heterocycles. The molecule has 2 aromatic rings. The highest BCUT2D eigenvalue weighted by Gasteiger charge is 2.33. The van der Waals surface area contributed by atoms with Crippen molar-refractivity contribution >= 4 is 22.6 Å². The molecule has 0 amide bonds. The van der Waals surface area contributed by atoms with E-state index in [0.29, 0.717) is 5.69 Å². The molecule has 16 heavy (non-hydrogen) atoms. The van der Waals surface area contributed by atoms with E-state index in [9.17, 15) is 13.2 Å². The molecule has 0 aliphatic rings. The van der Waals surface area contributed by atoms with Crippen LogP contribution in [0, 0.1) is 3.57 Å². The van der Waals surface area contributed by atoms with E-state index in [1.165, 1.54) is 6.20 Å². The summed E-state index contributed by atoms with van der Waals surface area (Å²) in [5.74, 6) is 0. The molecule has 0 aliphatic heterocycles. The van der Waals surface area contributed by atoms with Crippen molar-refractivity contribution in [3.63, 3.8) is 0 Å². The standard InChI is InChI=1S/C9H5F3IN3/c10-9(11,12)8-4-7(15-16-8)6-3-5(13)1-2-14-6/h1-4H,(H,15,16). The predicted octanol–water partition coefficient (Wildman–Crippen LogP) is 3.10. The maximum absolute atomic E-state index is 12.3. The lowest BCUT2D eigenvalue weighted by atomic mass is 10.2. The average molecular weight is 339 g/mol. The molecule has 0 atom stereocenters. The molecule has 0 unspecified atom stereocenters. The molecule has 1 N–H and O–H groups in total. The van der Waals surface area contributed by atoms with Crippen LogP contribution in [0.2, 0.25) is 0 Å². The number of alkyl halides is 3. The van der Waals surface area contributed by atoms with Crippen LogP contribution < -0.4 is 0 Å². The first-order valence-corrected chi connectivity index (χ1v) is 5.29. The Hall–Kier alpha value is -1.12. The van der Waals surface area contributed by atoms with Gasteiger partial charge in [0.05, 0.1) is 5.69 Å². The number of hydrogen-bond donors (Lipinski definition) is 1. The number of aromatic amines is 1. The van der Waals surface area contributed by atoms with Gasteiger partial charge in [0.1, 0.15) is 11.4 Å². The van der Waals surface area contributed by atoms with E-state index in [4.69, 9.17) is 0 Å². The van der Waals surface area contributed by atoms with Crippen LogP contribution in [0.5, 0.6) is 0 Å². The molecule has 0 aromatic carbocycles. The van der Waals surface area contributed by atoms with E-state index in [1.807, 2.05) is 5.10 Å². The van der Waals surface area contributed by atoms with Gasteiger partial charge >= 0.3 is 6.18 Å². The van der Waals surface area contributed by atoms with Crippen molar-refractivity contribution < 1.29 is 13.2 Å². The van der Waals surface area contributed by atoms with Gasteiger partial charge in [0, 0.05) is 9.77 Å². The minimum absolute atomic E-state index is 0.186. The zero-order valence-electron chi connectivity index (χ0n) is 7.72. The molecule has 0 saturated heterocycles. The number of hydrogen-bond acceptors (Lipinski definition) is 2. The topological polar surface area (TPSA) is 41.6 Å². The molecule has 2 aromatic heterocycles. The Morgan fingerprint density at radius 1 is 1.19 bits per heavy atom. The summed E-state index contributed by atoms with van der Waals surface area (Å²) in [5.41, 5.74) is -0.271. The highest BCUT2D eigenvalue weighted by molar-refractivity contribution is 14.1. The van der Waals surface area contributed by atoms with Crippen LogP contribution in [-0.4, -0.2) is 15.2 Å². The number of pyridine rings is 1. The summed E-state index contributed by atoms with van der Waals surface area (Å²) in [6.45, 7) is 0. The zero-order valence-corrected chi connectivity index (χ0v) is 9.87. The number of nitrogens with one attached hydrogen (secondary N) is 1. The molecule has 84 valence electrons. The fourth-order valence-corrected chi connectivity index (χ4v) is 1.60. The number of halogens is 4.